The van der Waals surface area contributed by atoms with E-state index in [4.69, 9.17) is 10.5 Å². The summed E-state index contributed by atoms with van der Waals surface area (Å²) < 4.78 is 5.26. The highest BCUT2D eigenvalue weighted by Gasteiger charge is 2.16. The second-order valence-corrected chi connectivity index (χ2v) is 5.42. The van der Waals surface area contributed by atoms with Crippen LogP contribution in [0.2, 0.25) is 0 Å². The molecule has 0 spiro atoms. The molecular formula is C14H21N3O3. The topological polar surface area (TPSA) is 93.4 Å². The molecule has 4 N–H and O–H groups in total. The summed E-state index contributed by atoms with van der Waals surface area (Å²) >= 11 is 0. The number of ether oxygens (including phenoxy) is 1. The fourth-order valence-electron chi connectivity index (χ4n) is 1.45. The SMILES string of the molecule is CNC(=O)COc1ccc(C(=O)NC(C)(C)C)cc1N. The summed E-state index contributed by atoms with van der Waals surface area (Å²) in [5.41, 5.74) is 6.26. The Morgan fingerprint density at radius 1 is 1.30 bits per heavy atom. The van der Waals surface area contributed by atoms with Crippen molar-refractivity contribution in [2.45, 2.75) is 26.3 Å². The van der Waals surface area contributed by atoms with Crippen molar-refractivity contribution in [2.75, 3.05) is 19.4 Å². The van der Waals surface area contributed by atoms with E-state index in [0.29, 0.717) is 17.0 Å². The molecule has 110 valence electrons. The van der Waals surface area contributed by atoms with Gasteiger partial charge in [-0.2, -0.15) is 0 Å². The van der Waals surface area contributed by atoms with Gasteiger partial charge in [0.05, 0.1) is 5.69 Å². The van der Waals surface area contributed by atoms with Crippen molar-refractivity contribution < 1.29 is 14.3 Å². The lowest BCUT2D eigenvalue weighted by Gasteiger charge is -2.20. The van der Waals surface area contributed by atoms with E-state index in [-0.39, 0.29) is 24.0 Å². The molecule has 1 aromatic carbocycles. The first-order valence-corrected chi connectivity index (χ1v) is 6.28. The Morgan fingerprint density at radius 2 is 1.95 bits per heavy atom. The fourth-order valence-corrected chi connectivity index (χ4v) is 1.45. The normalized spacial score (nSPS) is 10.8. The number of nitrogens with one attached hydrogen (secondary N) is 2. The molecule has 0 fully saturated rings. The van der Waals surface area contributed by atoms with Crippen LogP contribution in [0.3, 0.4) is 0 Å². The van der Waals surface area contributed by atoms with E-state index in [0.717, 1.165) is 0 Å². The number of likely N-dealkylation sites (N-methyl/N-ethyl adjacent to an activating group) is 1. The second-order valence-electron chi connectivity index (χ2n) is 5.42. The van der Waals surface area contributed by atoms with E-state index in [1.165, 1.54) is 13.1 Å². The van der Waals surface area contributed by atoms with Crippen LogP contribution < -0.4 is 21.1 Å². The zero-order chi connectivity index (χ0) is 15.3. The molecule has 0 radical (unpaired) electrons. The average Bonchev–Trinajstić information content (AvgIpc) is 2.34. The Kier molecular flexibility index (Phi) is 4.96. The first-order valence-electron chi connectivity index (χ1n) is 6.28. The molecule has 6 nitrogen and oxygen atoms in total. The maximum atomic E-state index is 12.0. The van der Waals surface area contributed by atoms with Gasteiger partial charge in [0.2, 0.25) is 0 Å². The van der Waals surface area contributed by atoms with Crippen LogP contribution in [0.1, 0.15) is 31.1 Å². The molecule has 0 bridgehead atoms. The van der Waals surface area contributed by atoms with Crippen LogP contribution in [0.25, 0.3) is 0 Å². The van der Waals surface area contributed by atoms with Crippen LogP contribution in [0.4, 0.5) is 5.69 Å². The zero-order valence-corrected chi connectivity index (χ0v) is 12.2. The van der Waals surface area contributed by atoms with Crippen LogP contribution in [0, 0.1) is 0 Å². The van der Waals surface area contributed by atoms with Crippen molar-refractivity contribution in [1.29, 1.82) is 0 Å². The molecule has 0 aliphatic rings. The van der Waals surface area contributed by atoms with Gasteiger partial charge in [-0.15, -0.1) is 0 Å². The number of rotatable bonds is 4. The van der Waals surface area contributed by atoms with E-state index >= 15 is 0 Å². The fraction of sp³-hybridized carbons (Fsp3) is 0.429. The third-order valence-electron chi connectivity index (χ3n) is 2.40. The van der Waals surface area contributed by atoms with E-state index < -0.39 is 0 Å². The van der Waals surface area contributed by atoms with Gasteiger partial charge in [0.25, 0.3) is 11.8 Å². The number of nitrogen functional groups attached to an aromatic ring is 1. The van der Waals surface area contributed by atoms with Crippen molar-refractivity contribution in [3.8, 4) is 5.75 Å². The van der Waals surface area contributed by atoms with Crippen LogP contribution >= 0.6 is 0 Å². The number of hydrogen-bond acceptors (Lipinski definition) is 4. The largest absolute Gasteiger partial charge is 0.482 e. The number of benzene rings is 1. The molecule has 0 aromatic heterocycles. The first kappa shape index (κ1) is 15.8. The Hall–Kier alpha value is -2.24. The summed E-state index contributed by atoms with van der Waals surface area (Å²) in [5.74, 6) is -0.0816. The van der Waals surface area contributed by atoms with Gasteiger partial charge in [0.15, 0.2) is 6.61 Å². The maximum Gasteiger partial charge on any atom is 0.257 e. The van der Waals surface area contributed by atoms with Crippen molar-refractivity contribution >= 4 is 17.5 Å². The van der Waals surface area contributed by atoms with Gasteiger partial charge in [-0.3, -0.25) is 9.59 Å². The Morgan fingerprint density at radius 3 is 2.45 bits per heavy atom. The van der Waals surface area contributed by atoms with Crippen LogP contribution in [0.5, 0.6) is 5.75 Å². The van der Waals surface area contributed by atoms with Gasteiger partial charge in [-0.05, 0) is 39.0 Å². The number of anilines is 1. The summed E-state index contributed by atoms with van der Waals surface area (Å²) in [5, 5.41) is 5.28. The molecule has 2 amide bonds. The highest BCUT2D eigenvalue weighted by atomic mass is 16.5. The van der Waals surface area contributed by atoms with E-state index in [1.54, 1.807) is 12.1 Å². The third-order valence-corrected chi connectivity index (χ3v) is 2.40. The predicted molar refractivity (Wildman–Crippen MR) is 77.6 cm³/mol. The average molecular weight is 279 g/mol. The van der Waals surface area contributed by atoms with E-state index in [9.17, 15) is 9.59 Å². The smallest absolute Gasteiger partial charge is 0.257 e. The van der Waals surface area contributed by atoms with Gasteiger partial charge in [-0.1, -0.05) is 0 Å². The number of carbonyl (C=O) groups excluding carboxylic acids is 2. The molecule has 20 heavy (non-hydrogen) atoms. The quantitative estimate of drug-likeness (QED) is 0.714. The molecule has 0 saturated carbocycles. The number of carbonyl (C=O) groups is 2. The minimum atomic E-state index is -0.319. The minimum absolute atomic E-state index is 0.117. The van der Waals surface area contributed by atoms with E-state index in [2.05, 4.69) is 10.6 Å². The van der Waals surface area contributed by atoms with Crippen LogP contribution in [0.15, 0.2) is 18.2 Å². The summed E-state index contributed by atoms with van der Waals surface area (Å²) in [6, 6.07) is 4.72. The Balaban J connectivity index is 2.77. The standard InChI is InChI=1S/C14H21N3O3/c1-14(2,3)17-13(19)9-5-6-11(10(15)7-9)20-8-12(18)16-4/h5-7H,8,15H2,1-4H3,(H,16,18)(H,17,19). The summed E-state index contributed by atoms with van der Waals surface area (Å²) in [6.07, 6.45) is 0. The molecule has 0 heterocycles. The summed E-state index contributed by atoms with van der Waals surface area (Å²) in [6.45, 7) is 5.58. The van der Waals surface area contributed by atoms with Gasteiger partial charge in [0.1, 0.15) is 5.75 Å². The summed E-state index contributed by atoms with van der Waals surface area (Å²) in [4.78, 5) is 23.1. The lowest BCUT2D eigenvalue weighted by atomic mass is 10.1. The monoisotopic (exact) mass is 279 g/mol. The van der Waals surface area contributed by atoms with Crippen molar-refractivity contribution in [1.82, 2.24) is 10.6 Å². The Bertz CT molecular complexity index is 507. The number of nitrogens with two attached hydrogens (primary N) is 1. The van der Waals surface area contributed by atoms with Crippen molar-refractivity contribution in [2.24, 2.45) is 0 Å². The molecule has 1 aromatic rings. The van der Waals surface area contributed by atoms with Crippen molar-refractivity contribution in [3.63, 3.8) is 0 Å². The molecule has 0 aliphatic heterocycles. The second kappa shape index (κ2) is 6.27. The third kappa shape index (κ3) is 4.79. The summed E-state index contributed by atoms with van der Waals surface area (Å²) in [7, 11) is 1.52. The zero-order valence-electron chi connectivity index (χ0n) is 12.2. The van der Waals surface area contributed by atoms with Gasteiger partial charge in [-0.25, -0.2) is 0 Å². The number of amides is 2. The lowest BCUT2D eigenvalue weighted by molar-refractivity contribution is -0.122. The van der Waals surface area contributed by atoms with Gasteiger partial charge < -0.3 is 21.1 Å². The molecule has 0 unspecified atom stereocenters. The molecule has 0 aliphatic carbocycles. The number of hydrogen-bond donors (Lipinski definition) is 3. The molecule has 6 heteroatoms. The van der Waals surface area contributed by atoms with Crippen LogP contribution in [-0.2, 0) is 4.79 Å². The van der Waals surface area contributed by atoms with Gasteiger partial charge >= 0.3 is 0 Å². The van der Waals surface area contributed by atoms with Crippen molar-refractivity contribution in [3.05, 3.63) is 23.8 Å². The predicted octanol–water partition coefficient (Wildman–Crippen LogP) is 0.922. The molecule has 0 atom stereocenters. The van der Waals surface area contributed by atoms with E-state index in [1.807, 2.05) is 20.8 Å². The molecule has 0 saturated heterocycles. The van der Waals surface area contributed by atoms with Crippen LogP contribution in [-0.4, -0.2) is 31.0 Å². The highest BCUT2D eigenvalue weighted by molar-refractivity contribution is 5.95. The molecular weight excluding hydrogens is 258 g/mol. The Labute approximate surface area is 118 Å². The minimum Gasteiger partial charge on any atom is -0.482 e. The maximum absolute atomic E-state index is 12.0. The van der Waals surface area contributed by atoms with Gasteiger partial charge in [0, 0.05) is 18.2 Å². The highest BCUT2D eigenvalue weighted by Crippen LogP contribution is 2.22. The lowest BCUT2D eigenvalue weighted by Crippen LogP contribution is -2.40. The first-order chi connectivity index (χ1) is 9.23. The molecule has 1 rings (SSSR count).